The zero-order chi connectivity index (χ0) is 19.7. The molecule has 2 heterocycles. The van der Waals surface area contributed by atoms with Crippen molar-refractivity contribution in [2.75, 3.05) is 24.6 Å². The van der Waals surface area contributed by atoms with E-state index >= 15 is 0 Å². The van der Waals surface area contributed by atoms with Crippen molar-refractivity contribution in [3.05, 3.63) is 35.6 Å². The number of benzene rings is 1. The predicted molar refractivity (Wildman–Crippen MR) is 110 cm³/mol. The van der Waals surface area contributed by atoms with Crippen molar-refractivity contribution in [3.63, 3.8) is 0 Å². The molecule has 0 spiro atoms. The quantitative estimate of drug-likeness (QED) is 0.767. The topological polar surface area (TPSA) is 49.8 Å². The summed E-state index contributed by atoms with van der Waals surface area (Å²) in [4.78, 5) is 14.0. The number of piperidine rings is 1. The number of amides is 1. The van der Waals surface area contributed by atoms with E-state index in [0.29, 0.717) is 31.5 Å². The van der Waals surface area contributed by atoms with E-state index in [2.05, 4.69) is 0 Å². The first-order valence-electron chi connectivity index (χ1n) is 9.40. The molecule has 27 heavy (non-hydrogen) atoms. The Kier molecular flexibility index (Phi) is 6.04. The first-order valence-corrected chi connectivity index (χ1v) is 11.4. The fourth-order valence-corrected chi connectivity index (χ4v) is 7.41. The number of halogens is 1. The minimum absolute atomic E-state index is 0.276. The van der Waals surface area contributed by atoms with Crippen LogP contribution in [0.2, 0.25) is 0 Å². The molecule has 1 aromatic rings. The summed E-state index contributed by atoms with van der Waals surface area (Å²) in [5.74, 6) is 1.50. The molecule has 0 unspecified atom stereocenters. The Hall–Kier alpha value is -0.920. The van der Waals surface area contributed by atoms with E-state index in [0.717, 1.165) is 17.9 Å². The smallest absolute Gasteiger partial charge is 0.410 e. The fourth-order valence-electron chi connectivity index (χ4n) is 3.65. The van der Waals surface area contributed by atoms with Gasteiger partial charge in [0.1, 0.15) is 15.5 Å². The summed E-state index contributed by atoms with van der Waals surface area (Å²) in [6.07, 6.45) is 1.50. The Bertz CT molecular complexity index is 678. The average Bonchev–Trinajstić information content (AvgIpc) is 2.62. The third-order valence-electron chi connectivity index (χ3n) is 4.98. The van der Waals surface area contributed by atoms with Gasteiger partial charge in [0, 0.05) is 18.7 Å². The number of rotatable bonds is 2. The lowest BCUT2D eigenvalue weighted by molar-refractivity contribution is -0.0401. The Balaban J connectivity index is 1.83. The molecule has 0 saturated carbocycles. The van der Waals surface area contributed by atoms with Crippen molar-refractivity contribution in [2.45, 2.75) is 55.3 Å². The van der Waals surface area contributed by atoms with Crippen LogP contribution in [-0.2, 0) is 8.82 Å². The lowest BCUT2D eigenvalue weighted by Crippen LogP contribution is -2.57. The predicted octanol–water partition coefficient (Wildman–Crippen LogP) is 4.61. The molecule has 2 aliphatic rings. The van der Waals surface area contributed by atoms with Crippen LogP contribution in [0.15, 0.2) is 24.3 Å². The molecule has 150 valence electrons. The van der Waals surface area contributed by atoms with E-state index in [9.17, 15) is 14.3 Å². The van der Waals surface area contributed by atoms with Crippen LogP contribution in [0.3, 0.4) is 0 Å². The van der Waals surface area contributed by atoms with E-state index in [1.165, 1.54) is 6.07 Å². The molecule has 2 saturated heterocycles. The molecule has 3 rings (SSSR count). The lowest BCUT2D eigenvalue weighted by atomic mass is 9.84. The molecule has 0 bridgehead atoms. The van der Waals surface area contributed by atoms with Gasteiger partial charge in [-0.1, -0.05) is 18.2 Å². The molecule has 0 radical (unpaired) electrons. The molecular formula is C20H28FNO3S2. The van der Waals surface area contributed by atoms with Gasteiger partial charge in [-0.25, -0.2) is 9.18 Å². The Labute approximate surface area is 169 Å². The maximum atomic E-state index is 14.7. The van der Waals surface area contributed by atoms with Gasteiger partial charge in [-0.15, -0.1) is 23.5 Å². The number of aliphatic hydroxyl groups is 1. The highest BCUT2D eigenvalue weighted by atomic mass is 32.2. The number of ether oxygens (including phenoxy) is 1. The van der Waals surface area contributed by atoms with Crippen LogP contribution in [0.5, 0.6) is 0 Å². The maximum absolute atomic E-state index is 14.7. The van der Waals surface area contributed by atoms with Gasteiger partial charge >= 0.3 is 6.09 Å². The van der Waals surface area contributed by atoms with Crippen LogP contribution >= 0.6 is 23.5 Å². The zero-order valence-corrected chi connectivity index (χ0v) is 17.8. The standard InChI is InChI=1S/C20H28FNO3S2/c1-18(2,3)25-17(23)22-11-9-19(24,10-12-22)20(26-13-6-14-27-20)15-7-4-5-8-16(15)21/h4-5,7-8,24H,6,9-14H2,1-3H3. The zero-order valence-electron chi connectivity index (χ0n) is 16.2. The number of hydrogen-bond donors (Lipinski definition) is 1. The molecule has 0 aromatic heterocycles. The highest BCUT2D eigenvalue weighted by molar-refractivity contribution is 8.18. The number of thioether (sulfide) groups is 2. The summed E-state index contributed by atoms with van der Waals surface area (Å²) >= 11 is 3.28. The van der Waals surface area contributed by atoms with Crippen molar-refractivity contribution in [1.82, 2.24) is 4.90 Å². The summed E-state index contributed by atoms with van der Waals surface area (Å²) in [5.41, 5.74) is -1.06. The molecule has 2 aliphatic heterocycles. The second-order valence-electron chi connectivity index (χ2n) is 8.15. The van der Waals surface area contributed by atoms with Crippen LogP contribution in [0, 0.1) is 5.82 Å². The van der Waals surface area contributed by atoms with E-state index in [1.807, 2.05) is 26.8 Å². The summed E-state index contributed by atoms with van der Waals surface area (Å²) in [5, 5.41) is 11.7. The molecule has 0 atom stereocenters. The molecule has 1 aromatic carbocycles. The van der Waals surface area contributed by atoms with Crippen molar-refractivity contribution in [2.24, 2.45) is 0 Å². The van der Waals surface area contributed by atoms with E-state index in [1.54, 1.807) is 40.6 Å². The highest BCUT2D eigenvalue weighted by Gasteiger charge is 2.55. The summed E-state index contributed by atoms with van der Waals surface area (Å²) < 4.78 is 19.4. The molecule has 1 amide bonds. The molecule has 1 N–H and O–H groups in total. The van der Waals surface area contributed by atoms with E-state index < -0.39 is 15.3 Å². The molecule has 7 heteroatoms. The Morgan fingerprint density at radius 3 is 2.33 bits per heavy atom. The van der Waals surface area contributed by atoms with Crippen molar-refractivity contribution in [1.29, 1.82) is 0 Å². The summed E-state index contributed by atoms with van der Waals surface area (Å²) in [6.45, 7) is 6.33. The number of carbonyl (C=O) groups excluding carboxylic acids is 1. The molecule has 0 aliphatic carbocycles. The van der Waals surface area contributed by atoms with Gasteiger partial charge in [0.05, 0.1) is 5.60 Å². The van der Waals surface area contributed by atoms with Crippen molar-refractivity contribution < 1.29 is 19.0 Å². The minimum atomic E-state index is -1.08. The molecule has 2 fully saturated rings. The maximum Gasteiger partial charge on any atom is 0.410 e. The minimum Gasteiger partial charge on any atom is -0.444 e. The average molecular weight is 414 g/mol. The van der Waals surface area contributed by atoms with Gasteiger partial charge in [-0.2, -0.15) is 0 Å². The van der Waals surface area contributed by atoms with Gasteiger partial charge in [0.15, 0.2) is 0 Å². The summed E-state index contributed by atoms with van der Waals surface area (Å²) in [6, 6.07) is 6.76. The van der Waals surface area contributed by atoms with Crippen LogP contribution in [-0.4, -0.2) is 51.9 Å². The highest BCUT2D eigenvalue weighted by Crippen LogP contribution is 2.60. The number of carbonyl (C=O) groups is 1. The van der Waals surface area contributed by atoms with Gasteiger partial charge < -0.3 is 14.7 Å². The Morgan fingerprint density at radius 1 is 1.19 bits per heavy atom. The number of hydrogen-bond acceptors (Lipinski definition) is 5. The molecular weight excluding hydrogens is 385 g/mol. The summed E-state index contributed by atoms with van der Waals surface area (Å²) in [7, 11) is 0. The van der Waals surface area contributed by atoms with Crippen LogP contribution in [0.4, 0.5) is 9.18 Å². The third-order valence-corrected chi connectivity index (χ3v) is 8.69. The number of likely N-dealkylation sites (tertiary alicyclic amines) is 1. The number of nitrogens with zero attached hydrogens (tertiary/aromatic N) is 1. The molecule has 4 nitrogen and oxygen atoms in total. The second-order valence-corrected chi connectivity index (χ2v) is 11.0. The van der Waals surface area contributed by atoms with E-state index in [4.69, 9.17) is 4.74 Å². The van der Waals surface area contributed by atoms with Gasteiger partial charge in [0.2, 0.25) is 0 Å². The van der Waals surface area contributed by atoms with Gasteiger partial charge in [-0.05, 0) is 57.6 Å². The SMILES string of the molecule is CC(C)(C)OC(=O)N1CCC(O)(C2(c3ccccc3F)SCCCS2)CC1. The first kappa shape index (κ1) is 20.8. The van der Waals surface area contributed by atoms with Crippen LogP contribution < -0.4 is 0 Å². The lowest BCUT2D eigenvalue weighted by Gasteiger charge is -2.51. The Morgan fingerprint density at radius 2 is 1.78 bits per heavy atom. The van der Waals surface area contributed by atoms with E-state index in [-0.39, 0.29) is 11.9 Å². The van der Waals surface area contributed by atoms with Crippen molar-refractivity contribution in [3.8, 4) is 0 Å². The second kappa shape index (κ2) is 7.84. The van der Waals surface area contributed by atoms with Crippen molar-refractivity contribution >= 4 is 29.6 Å². The first-order chi connectivity index (χ1) is 12.7. The largest absolute Gasteiger partial charge is 0.444 e. The van der Waals surface area contributed by atoms with Crippen LogP contribution in [0.25, 0.3) is 0 Å². The van der Waals surface area contributed by atoms with Gasteiger partial charge in [0.25, 0.3) is 0 Å². The van der Waals surface area contributed by atoms with Crippen LogP contribution in [0.1, 0.15) is 45.6 Å². The normalized spacial score (nSPS) is 22.3. The third kappa shape index (κ3) is 4.25. The fraction of sp³-hybridized carbons (Fsp3) is 0.650. The monoisotopic (exact) mass is 413 g/mol. The van der Waals surface area contributed by atoms with Gasteiger partial charge in [-0.3, -0.25) is 0 Å².